The maximum Gasteiger partial charge on any atom is 0.172 e. The average Bonchev–Trinajstić information content (AvgIpc) is 3.48. The molecule has 4 heterocycles. The van der Waals surface area contributed by atoms with Gasteiger partial charge in [-0.15, -0.1) is 16.4 Å². The summed E-state index contributed by atoms with van der Waals surface area (Å²) in [6.07, 6.45) is 9.41. The van der Waals surface area contributed by atoms with Crippen LogP contribution in [0.1, 0.15) is 54.9 Å². The number of aromatic nitrogens is 5. The van der Waals surface area contributed by atoms with Crippen molar-refractivity contribution < 1.29 is 0 Å². The number of benzene rings is 1. The minimum Gasteiger partial charge on any atom is -0.299 e. The molecular weight excluding hydrogens is 456 g/mol. The number of thiazole rings is 1. The van der Waals surface area contributed by atoms with Crippen molar-refractivity contribution in [2.75, 3.05) is 39.3 Å². The Hall–Kier alpha value is -2.20. The van der Waals surface area contributed by atoms with Crippen molar-refractivity contribution in [1.82, 2.24) is 39.9 Å². The fourth-order valence-electron chi connectivity index (χ4n) is 6.17. The monoisotopic (exact) mass is 492 g/mol. The summed E-state index contributed by atoms with van der Waals surface area (Å²) in [5.41, 5.74) is 1.12. The lowest BCUT2D eigenvalue weighted by atomic mass is 9.84. The molecule has 8 nitrogen and oxygen atoms in total. The predicted octanol–water partition coefficient (Wildman–Crippen LogP) is 3.23. The first kappa shape index (κ1) is 23.2. The first-order valence-electron chi connectivity index (χ1n) is 13.2. The highest BCUT2D eigenvalue weighted by molar-refractivity contribution is 7.09. The van der Waals surface area contributed by atoms with Crippen molar-refractivity contribution in [3.63, 3.8) is 0 Å². The summed E-state index contributed by atoms with van der Waals surface area (Å²) < 4.78 is 2.07. The van der Waals surface area contributed by atoms with Crippen LogP contribution < -0.4 is 0 Å². The van der Waals surface area contributed by atoms with Crippen LogP contribution in [0.25, 0.3) is 0 Å². The summed E-state index contributed by atoms with van der Waals surface area (Å²) in [5, 5.41) is 16.7. The lowest BCUT2D eigenvalue weighted by molar-refractivity contribution is 0.00593. The van der Waals surface area contributed by atoms with Crippen molar-refractivity contribution in [3.8, 4) is 0 Å². The first-order chi connectivity index (χ1) is 17.3. The summed E-state index contributed by atoms with van der Waals surface area (Å²) in [5.74, 6) is 1.05. The molecule has 186 valence electrons. The van der Waals surface area contributed by atoms with E-state index in [9.17, 15) is 0 Å². The molecule has 3 aliphatic rings. The number of hydrogen-bond donors (Lipinski definition) is 0. The van der Waals surface area contributed by atoms with Crippen LogP contribution >= 0.6 is 11.3 Å². The van der Waals surface area contributed by atoms with Gasteiger partial charge >= 0.3 is 0 Å². The Morgan fingerprint density at radius 1 is 0.914 bits per heavy atom. The minimum atomic E-state index is -0.118. The largest absolute Gasteiger partial charge is 0.299 e. The Morgan fingerprint density at radius 3 is 2.51 bits per heavy atom. The molecule has 2 aliphatic heterocycles. The summed E-state index contributed by atoms with van der Waals surface area (Å²) in [4.78, 5) is 12.6. The van der Waals surface area contributed by atoms with E-state index in [0.717, 1.165) is 70.5 Å². The summed E-state index contributed by atoms with van der Waals surface area (Å²) in [6, 6.07) is 11.4. The van der Waals surface area contributed by atoms with Gasteiger partial charge in [0.05, 0.1) is 18.6 Å². The molecule has 0 unspecified atom stereocenters. The lowest BCUT2D eigenvalue weighted by Crippen LogP contribution is -2.55. The van der Waals surface area contributed by atoms with Crippen LogP contribution in [0.2, 0.25) is 0 Å². The van der Waals surface area contributed by atoms with E-state index in [4.69, 9.17) is 5.10 Å². The molecule has 6 rings (SSSR count). The Balaban J connectivity index is 1.25. The van der Waals surface area contributed by atoms with Crippen molar-refractivity contribution in [2.24, 2.45) is 0 Å². The number of likely N-dealkylation sites (tertiary alicyclic amines) is 1. The quantitative estimate of drug-likeness (QED) is 0.502. The highest BCUT2D eigenvalue weighted by Gasteiger charge is 2.46. The van der Waals surface area contributed by atoms with Gasteiger partial charge < -0.3 is 0 Å². The average molecular weight is 493 g/mol. The van der Waals surface area contributed by atoms with Gasteiger partial charge in [-0.25, -0.2) is 9.67 Å². The maximum atomic E-state index is 4.71. The number of hydrogen-bond acceptors (Lipinski definition) is 8. The van der Waals surface area contributed by atoms with E-state index in [1.54, 1.807) is 11.3 Å². The van der Waals surface area contributed by atoms with E-state index in [0.29, 0.717) is 0 Å². The predicted molar refractivity (Wildman–Crippen MR) is 137 cm³/mol. The van der Waals surface area contributed by atoms with Gasteiger partial charge in [-0.2, -0.15) is 0 Å². The number of rotatable bonds is 7. The topological polar surface area (TPSA) is 66.2 Å². The summed E-state index contributed by atoms with van der Waals surface area (Å²) >= 11 is 1.75. The second kappa shape index (κ2) is 10.4. The molecular formula is C26H36N8S. The van der Waals surface area contributed by atoms with Crippen LogP contribution in [0.15, 0.2) is 41.9 Å². The third-order valence-corrected chi connectivity index (χ3v) is 9.14. The molecule has 2 saturated heterocycles. The fraction of sp³-hybridized carbons (Fsp3) is 0.615. The van der Waals surface area contributed by atoms with E-state index in [2.05, 4.69) is 70.5 Å². The SMILES string of the molecule is c1ccc(Cn2nnnc2C2(N3CCCN(C4CCC4)CC3)CCN(Cc3nccs3)CC2)cc1. The molecule has 1 aliphatic carbocycles. The van der Waals surface area contributed by atoms with Crippen LogP contribution in [-0.2, 0) is 18.6 Å². The summed E-state index contributed by atoms with van der Waals surface area (Å²) in [6.45, 7) is 8.35. The van der Waals surface area contributed by atoms with Crippen molar-refractivity contribution in [1.29, 1.82) is 0 Å². The fourth-order valence-corrected chi connectivity index (χ4v) is 6.83. The second-order valence-electron chi connectivity index (χ2n) is 10.3. The molecule has 2 aromatic heterocycles. The molecule has 0 N–H and O–H groups in total. The van der Waals surface area contributed by atoms with Gasteiger partial charge in [-0.05, 0) is 54.6 Å². The van der Waals surface area contributed by atoms with Crippen molar-refractivity contribution in [2.45, 2.75) is 63.2 Å². The minimum absolute atomic E-state index is 0.118. The molecule has 1 saturated carbocycles. The van der Waals surface area contributed by atoms with E-state index >= 15 is 0 Å². The highest BCUT2D eigenvalue weighted by atomic mass is 32.1. The molecule has 0 amide bonds. The van der Waals surface area contributed by atoms with E-state index in [1.165, 1.54) is 42.8 Å². The Kier molecular flexibility index (Phi) is 6.91. The molecule has 35 heavy (non-hydrogen) atoms. The van der Waals surface area contributed by atoms with Crippen molar-refractivity contribution >= 4 is 11.3 Å². The van der Waals surface area contributed by atoms with E-state index < -0.39 is 0 Å². The Labute approximate surface area is 211 Å². The lowest BCUT2D eigenvalue weighted by Gasteiger charge is -2.47. The molecule has 9 heteroatoms. The summed E-state index contributed by atoms with van der Waals surface area (Å²) in [7, 11) is 0. The van der Waals surface area contributed by atoms with Gasteiger partial charge in [-0.3, -0.25) is 14.7 Å². The van der Waals surface area contributed by atoms with Crippen LogP contribution in [-0.4, -0.2) is 85.2 Å². The van der Waals surface area contributed by atoms with Crippen LogP contribution in [0.3, 0.4) is 0 Å². The molecule has 3 aromatic rings. The Bertz CT molecular complexity index is 1060. The molecule has 3 fully saturated rings. The standard InChI is InChI=1S/C26H36N8S/c1-2-6-22(7-3-1)20-34-25(28-29-30-34)26(10-15-31(16-11-26)21-24-27-12-19-35-24)33-14-5-13-32(17-18-33)23-8-4-9-23/h1-3,6-7,12,19,23H,4-5,8-11,13-18,20-21H2. The first-order valence-corrected chi connectivity index (χ1v) is 14.1. The normalized spacial score (nSPS) is 22.6. The van der Waals surface area contributed by atoms with Gasteiger partial charge in [0.2, 0.25) is 0 Å². The van der Waals surface area contributed by atoms with Crippen molar-refractivity contribution in [3.05, 3.63) is 58.3 Å². The zero-order valence-electron chi connectivity index (χ0n) is 20.5. The maximum absolute atomic E-state index is 4.71. The Morgan fingerprint density at radius 2 is 1.77 bits per heavy atom. The number of piperidine rings is 1. The molecule has 0 bridgehead atoms. The van der Waals surface area contributed by atoms with Gasteiger partial charge in [0.25, 0.3) is 0 Å². The van der Waals surface area contributed by atoms with Crippen LogP contribution in [0, 0.1) is 0 Å². The van der Waals surface area contributed by atoms with Crippen LogP contribution in [0.4, 0.5) is 0 Å². The zero-order chi connectivity index (χ0) is 23.5. The molecule has 0 spiro atoms. The number of nitrogens with zero attached hydrogens (tertiary/aromatic N) is 8. The van der Waals surface area contributed by atoms with Gasteiger partial charge in [0.15, 0.2) is 5.82 Å². The van der Waals surface area contributed by atoms with E-state index in [-0.39, 0.29) is 5.54 Å². The zero-order valence-corrected chi connectivity index (χ0v) is 21.3. The number of tetrazole rings is 1. The smallest absolute Gasteiger partial charge is 0.172 e. The molecule has 1 aromatic carbocycles. The van der Waals surface area contributed by atoms with Gasteiger partial charge in [-0.1, -0.05) is 36.8 Å². The van der Waals surface area contributed by atoms with E-state index in [1.807, 2.05) is 6.20 Å². The third-order valence-electron chi connectivity index (χ3n) is 8.38. The van der Waals surface area contributed by atoms with Gasteiger partial charge in [0, 0.05) is 50.3 Å². The van der Waals surface area contributed by atoms with Gasteiger partial charge in [0.1, 0.15) is 5.01 Å². The van der Waals surface area contributed by atoms with Crippen LogP contribution in [0.5, 0.6) is 0 Å². The second-order valence-corrected chi connectivity index (χ2v) is 11.3. The molecule has 0 radical (unpaired) electrons. The third kappa shape index (κ3) is 4.91. The highest BCUT2D eigenvalue weighted by Crippen LogP contribution is 2.39. The molecule has 0 atom stereocenters.